The van der Waals surface area contributed by atoms with Crippen LogP contribution in [0, 0.1) is 0 Å². The SMILES string of the molecule is CCCN(CC)C(=O)NC(C)CC(=O)O. The number of carbonyl (C=O) groups is 2. The van der Waals surface area contributed by atoms with Crippen molar-refractivity contribution in [2.24, 2.45) is 0 Å². The van der Waals surface area contributed by atoms with Gasteiger partial charge in [0, 0.05) is 19.1 Å². The number of hydrogen-bond acceptors (Lipinski definition) is 2. The molecule has 1 unspecified atom stereocenters. The van der Waals surface area contributed by atoms with E-state index in [2.05, 4.69) is 5.32 Å². The van der Waals surface area contributed by atoms with E-state index in [4.69, 9.17) is 5.11 Å². The molecule has 1 atom stereocenters. The molecule has 0 aliphatic rings. The van der Waals surface area contributed by atoms with Crippen LogP contribution in [-0.2, 0) is 4.79 Å². The minimum Gasteiger partial charge on any atom is -0.481 e. The van der Waals surface area contributed by atoms with Gasteiger partial charge < -0.3 is 15.3 Å². The third-order valence-corrected chi connectivity index (χ3v) is 2.01. The molecular weight excluding hydrogens is 196 g/mol. The number of carboxylic acid groups (broad SMARTS) is 1. The van der Waals surface area contributed by atoms with E-state index in [-0.39, 0.29) is 18.5 Å². The van der Waals surface area contributed by atoms with Crippen LogP contribution in [0.4, 0.5) is 4.79 Å². The van der Waals surface area contributed by atoms with Crippen molar-refractivity contribution >= 4 is 12.0 Å². The summed E-state index contributed by atoms with van der Waals surface area (Å²) in [5, 5.41) is 11.2. The lowest BCUT2D eigenvalue weighted by atomic mass is 10.2. The monoisotopic (exact) mass is 216 g/mol. The van der Waals surface area contributed by atoms with Gasteiger partial charge in [-0.05, 0) is 20.3 Å². The van der Waals surface area contributed by atoms with E-state index in [0.717, 1.165) is 6.42 Å². The third-order valence-electron chi connectivity index (χ3n) is 2.01. The lowest BCUT2D eigenvalue weighted by molar-refractivity contribution is -0.137. The fourth-order valence-corrected chi connectivity index (χ4v) is 1.29. The van der Waals surface area contributed by atoms with E-state index in [1.807, 2.05) is 13.8 Å². The van der Waals surface area contributed by atoms with E-state index in [9.17, 15) is 9.59 Å². The predicted octanol–water partition coefficient (Wildman–Crippen LogP) is 1.29. The van der Waals surface area contributed by atoms with Gasteiger partial charge in [0.1, 0.15) is 0 Å². The minimum atomic E-state index is -0.902. The fraction of sp³-hybridized carbons (Fsp3) is 0.800. The number of carbonyl (C=O) groups excluding carboxylic acids is 1. The van der Waals surface area contributed by atoms with Crippen LogP contribution in [0.5, 0.6) is 0 Å². The second kappa shape index (κ2) is 7.09. The Morgan fingerprint density at radius 2 is 2.00 bits per heavy atom. The molecule has 0 aliphatic heterocycles. The maximum atomic E-state index is 11.6. The third kappa shape index (κ3) is 5.93. The number of nitrogens with one attached hydrogen (secondary N) is 1. The van der Waals surface area contributed by atoms with Crippen LogP contribution in [0.15, 0.2) is 0 Å². The average molecular weight is 216 g/mol. The molecule has 0 aromatic heterocycles. The number of amides is 2. The quantitative estimate of drug-likeness (QED) is 0.703. The van der Waals surface area contributed by atoms with Crippen molar-refractivity contribution in [3.05, 3.63) is 0 Å². The number of urea groups is 1. The van der Waals surface area contributed by atoms with E-state index >= 15 is 0 Å². The molecule has 0 fully saturated rings. The van der Waals surface area contributed by atoms with Crippen LogP contribution in [0.1, 0.15) is 33.6 Å². The fourth-order valence-electron chi connectivity index (χ4n) is 1.29. The summed E-state index contributed by atoms with van der Waals surface area (Å²) in [6, 6.07) is -0.519. The highest BCUT2D eigenvalue weighted by Gasteiger charge is 2.14. The first-order chi connectivity index (χ1) is 7.01. The summed E-state index contributed by atoms with van der Waals surface area (Å²) in [5.41, 5.74) is 0. The number of hydrogen-bond donors (Lipinski definition) is 2. The van der Waals surface area contributed by atoms with E-state index < -0.39 is 5.97 Å². The summed E-state index contributed by atoms with van der Waals surface area (Å²) in [5.74, 6) is -0.902. The van der Waals surface area contributed by atoms with Gasteiger partial charge >= 0.3 is 12.0 Å². The first-order valence-electron chi connectivity index (χ1n) is 5.28. The highest BCUT2D eigenvalue weighted by molar-refractivity contribution is 5.75. The number of nitrogens with zero attached hydrogens (tertiary/aromatic N) is 1. The predicted molar refractivity (Wildman–Crippen MR) is 57.8 cm³/mol. The zero-order valence-corrected chi connectivity index (χ0v) is 9.62. The van der Waals surface area contributed by atoms with Crippen LogP contribution in [0.2, 0.25) is 0 Å². The number of rotatable bonds is 6. The number of aliphatic carboxylic acids is 1. The second-order valence-electron chi connectivity index (χ2n) is 3.53. The molecule has 0 aromatic carbocycles. The van der Waals surface area contributed by atoms with Gasteiger partial charge in [-0.15, -0.1) is 0 Å². The Balaban J connectivity index is 4.03. The maximum absolute atomic E-state index is 11.6. The zero-order valence-electron chi connectivity index (χ0n) is 9.62. The van der Waals surface area contributed by atoms with Crippen molar-refractivity contribution in [3.8, 4) is 0 Å². The standard InChI is InChI=1S/C10H20N2O3/c1-4-6-12(5-2)10(15)11-8(3)7-9(13)14/h8H,4-7H2,1-3H3,(H,11,15)(H,13,14). The smallest absolute Gasteiger partial charge is 0.317 e. The van der Waals surface area contributed by atoms with Gasteiger partial charge in [-0.2, -0.15) is 0 Å². The van der Waals surface area contributed by atoms with E-state index in [0.29, 0.717) is 13.1 Å². The van der Waals surface area contributed by atoms with Crippen molar-refractivity contribution < 1.29 is 14.7 Å². The normalized spacial score (nSPS) is 11.9. The maximum Gasteiger partial charge on any atom is 0.317 e. The topological polar surface area (TPSA) is 69.6 Å². The molecule has 15 heavy (non-hydrogen) atoms. The van der Waals surface area contributed by atoms with Crippen molar-refractivity contribution in [1.29, 1.82) is 0 Å². The van der Waals surface area contributed by atoms with Crippen LogP contribution >= 0.6 is 0 Å². The van der Waals surface area contributed by atoms with Crippen molar-refractivity contribution in [1.82, 2.24) is 10.2 Å². The van der Waals surface area contributed by atoms with Gasteiger partial charge in [-0.3, -0.25) is 4.79 Å². The molecule has 0 rings (SSSR count). The summed E-state index contributed by atoms with van der Waals surface area (Å²) in [7, 11) is 0. The first kappa shape index (κ1) is 13.7. The minimum absolute atomic E-state index is 0.0462. The van der Waals surface area contributed by atoms with Gasteiger partial charge in [-0.25, -0.2) is 4.79 Å². The van der Waals surface area contributed by atoms with E-state index in [1.165, 1.54) is 0 Å². The molecular formula is C10H20N2O3. The molecule has 0 heterocycles. The molecule has 2 N–H and O–H groups in total. The summed E-state index contributed by atoms with van der Waals surface area (Å²) >= 11 is 0. The van der Waals surface area contributed by atoms with Gasteiger partial charge in [-0.1, -0.05) is 6.92 Å². The molecule has 2 amide bonds. The summed E-state index contributed by atoms with van der Waals surface area (Å²) < 4.78 is 0. The Hall–Kier alpha value is -1.26. The molecule has 0 aliphatic carbocycles. The highest BCUT2D eigenvalue weighted by Crippen LogP contribution is 1.96. The van der Waals surface area contributed by atoms with Crippen LogP contribution in [-0.4, -0.2) is 41.1 Å². The summed E-state index contributed by atoms with van der Waals surface area (Å²) in [6.45, 7) is 6.92. The Morgan fingerprint density at radius 1 is 1.40 bits per heavy atom. The number of carboxylic acids is 1. The van der Waals surface area contributed by atoms with Crippen molar-refractivity contribution in [2.75, 3.05) is 13.1 Å². The molecule has 0 radical (unpaired) electrons. The lowest BCUT2D eigenvalue weighted by Gasteiger charge is -2.22. The summed E-state index contributed by atoms with van der Waals surface area (Å²) in [4.78, 5) is 23.6. The molecule has 0 aromatic rings. The van der Waals surface area contributed by atoms with Crippen molar-refractivity contribution in [3.63, 3.8) is 0 Å². The Morgan fingerprint density at radius 3 is 2.40 bits per heavy atom. The largest absolute Gasteiger partial charge is 0.481 e. The second-order valence-corrected chi connectivity index (χ2v) is 3.53. The van der Waals surface area contributed by atoms with Crippen LogP contribution < -0.4 is 5.32 Å². The van der Waals surface area contributed by atoms with Crippen LogP contribution in [0.3, 0.4) is 0 Å². The zero-order chi connectivity index (χ0) is 11.8. The highest BCUT2D eigenvalue weighted by atomic mass is 16.4. The van der Waals surface area contributed by atoms with E-state index in [1.54, 1.807) is 11.8 Å². The lowest BCUT2D eigenvalue weighted by Crippen LogP contribution is -2.44. The molecule has 5 heteroatoms. The average Bonchev–Trinajstić information content (AvgIpc) is 2.12. The molecule has 0 bridgehead atoms. The molecule has 88 valence electrons. The Labute approximate surface area is 90.5 Å². The Kier molecular flexibility index (Phi) is 6.49. The molecule has 5 nitrogen and oxygen atoms in total. The van der Waals surface area contributed by atoms with Gasteiger partial charge in [0.25, 0.3) is 0 Å². The molecule has 0 saturated carbocycles. The van der Waals surface area contributed by atoms with Gasteiger partial charge in [0.15, 0.2) is 0 Å². The molecule has 0 spiro atoms. The Bertz CT molecular complexity index is 219. The van der Waals surface area contributed by atoms with Gasteiger partial charge in [0.2, 0.25) is 0 Å². The first-order valence-corrected chi connectivity index (χ1v) is 5.28. The van der Waals surface area contributed by atoms with Crippen molar-refractivity contribution in [2.45, 2.75) is 39.7 Å². The van der Waals surface area contributed by atoms with Crippen LogP contribution in [0.25, 0.3) is 0 Å². The summed E-state index contributed by atoms with van der Waals surface area (Å²) in [6.07, 6.45) is 0.851. The van der Waals surface area contributed by atoms with Gasteiger partial charge in [0.05, 0.1) is 6.42 Å². The molecule has 0 saturated heterocycles.